The van der Waals surface area contributed by atoms with Crippen molar-refractivity contribution in [1.29, 1.82) is 0 Å². The van der Waals surface area contributed by atoms with Crippen molar-refractivity contribution in [2.45, 2.75) is 18.4 Å². The van der Waals surface area contributed by atoms with Gasteiger partial charge in [-0.15, -0.1) is 0 Å². The molecule has 4 N–H and O–H groups in total. The Bertz CT molecular complexity index is 554. The highest BCUT2D eigenvalue weighted by molar-refractivity contribution is 7.89. The molecule has 20 heavy (non-hydrogen) atoms. The van der Waals surface area contributed by atoms with Gasteiger partial charge in [-0.05, 0) is 6.92 Å². The number of nitrogens with two attached hydrogens (primary N) is 1. The predicted octanol–water partition coefficient (Wildman–Crippen LogP) is -0.508. The molecule has 1 aromatic rings. The van der Waals surface area contributed by atoms with Gasteiger partial charge in [-0.25, -0.2) is 13.4 Å². The molecule has 1 rings (SSSR count). The standard InChI is InChI=1S/C10H19N5O4S/c1-8-12-7-10(13-8)20(17,18)15(5-6-19-2)4-3-9(11)14-16/h7,16H,3-6H2,1-2H3,(H2,11,14)(H,12,13). The minimum absolute atomic E-state index is 0.00520. The van der Waals surface area contributed by atoms with E-state index in [0.29, 0.717) is 5.82 Å². The fourth-order valence-corrected chi connectivity index (χ4v) is 2.89. The Morgan fingerprint density at radius 3 is 2.80 bits per heavy atom. The number of ether oxygens (including phenoxy) is 1. The van der Waals surface area contributed by atoms with E-state index in [0.717, 1.165) is 0 Å². The summed E-state index contributed by atoms with van der Waals surface area (Å²) < 4.78 is 30.9. The van der Waals surface area contributed by atoms with Crippen molar-refractivity contribution >= 4 is 15.9 Å². The summed E-state index contributed by atoms with van der Waals surface area (Å²) >= 11 is 0. The molecule has 0 spiro atoms. The maximum Gasteiger partial charge on any atom is 0.260 e. The van der Waals surface area contributed by atoms with E-state index >= 15 is 0 Å². The van der Waals surface area contributed by atoms with Crippen LogP contribution in [0.3, 0.4) is 0 Å². The molecule has 0 atom stereocenters. The number of H-pyrrole nitrogens is 1. The Labute approximate surface area is 117 Å². The Morgan fingerprint density at radius 1 is 1.60 bits per heavy atom. The summed E-state index contributed by atoms with van der Waals surface area (Å²) in [5, 5.41) is 11.3. The van der Waals surface area contributed by atoms with Crippen LogP contribution in [0.2, 0.25) is 0 Å². The molecule has 0 fully saturated rings. The lowest BCUT2D eigenvalue weighted by molar-refractivity contribution is 0.179. The number of oxime groups is 1. The van der Waals surface area contributed by atoms with E-state index in [2.05, 4.69) is 15.1 Å². The first-order valence-electron chi connectivity index (χ1n) is 5.89. The summed E-state index contributed by atoms with van der Waals surface area (Å²) in [4.78, 5) is 6.56. The maximum absolute atomic E-state index is 12.4. The number of hydrogen-bond donors (Lipinski definition) is 3. The summed E-state index contributed by atoms with van der Waals surface area (Å²) in [7, 11) is -2.23. The van der Waals surface area contributed by atoms with E-state index < -0.39 is 10.0 Å². The van der Waals surface area contributed by atoms with Crippen LogP contribution in [0.1, 0.15) is 12.2 Å². The third kappa shape index (κ3) is 4.18. The van der Waals surface area contributed by atoms with Crippen molar-refractivity contribution in [3.63, 3.8) is 0 Å². The van der Waals surface area contributed by atoms with E-state index in [1.54, 1.807) is 6.92 Å². The van der Waals surface area contributed by atoms with Crippen LogP contribution < -0.4 is 5.73 Å². The second-order valence-electron chi connectivity index (χ2n) is 4.07. The Kier molecular flexibility index (Phi) is 5.92. The molecule has 9 nitrogen and oxygen atoms in total. The first-order valence-corrected chi connectivity index (χ1v) is 7.33. The molecule has 0 saturated carbocycles. The number of nitrogens with one attached hydrogen (secondary N) is 1. The van der Waals surface area contributed by atoms with Crippen molar-refractivity contribution < 1.29 is 18.4 Å². The number of hydrogen-bond acceptors (Lipinski definition) is 6. The predicted molar refractivity (Wildman–Crippen MR) is 72.0 cm³/mol. The lowest BCUT2D eigenvalue weighted by Crippen LogP contribution is -2.36. The number of aryl methyl sites for hydroxylation is 1. The molecule has 10 heteroatoms. The molecule has 1 aromatic heterocycles. The number of amidine groups is 1. The van der Waals surface area contributed by atoms with E-state index in [1.807, 2.05) is 0 Å². The SMILES string of the molecule is COCCN(CCC(N)=NO)S(=O)(=O)c1cnc(C)[nH]1. The molecule has 0 unspecified atom stereocenters. The van der Waals surface area contributed by atoms with Gasteiger partial charge >= 0.3 is 0 Å². The second kappa shape index (κ2) is 7.22. The average Bonchev–Trinajstić information content (AvgIpc) is 2.85. The Balaban J connectivity index is 2.91. The minimum Gasteiger partial charge on any atom is -0.409 e. The zero-order chi connectivity index (χ0) is 15.2. The molecule has 0 aliphatic carbocycles. The van der Waals surface area contributed by atoms with Gasteiger partial charge in [0.1, 0.15) is 11.7 Å². The average molecular weight is 305 g/mol. The van der Waals surface area contributed by atoms with Crippen LogP contribution in [0.5, 0.6) is 0 Å². The molecule has 1 heterocycles. The van der Waals surface area contributed by atoms with E-state index in [-0.39, 0.29) is 37.0 Å². The molecule has 0 aromatic carbocycles. The first-order chi connectivity index (χ1) is 9.41. The van der Waals surface area contributed by atoms with Crippen LogP contribution >= 0.6 is 0 Å². The topological polar surface area (TPSA) is 134 Å². The summed E-state index contributed by atoms with van der Waals surface area (Å²) in [6, 6.07) is 0. The van der Waals surface area contributed by atoms with Crippen LogP contribution in [-0.2, 0) is 14.8 Å². The lowest BCUT2D eigenvalue weighted by atomic mass is 10.4. The summed E-state index contributed by atoms with van der Waals surface area (Å²) in [6.07, 6.45) is 1.38. The largest absolute Gasteiger partial charge is 0.409 e. The van der Waals surface area contributed by atoms with Gasteiger partial charge in [-0.2, -0.15) is 4.31 Å². The van der Waals surface area contributed by atoms with Crippen LogP contribution in [0.25, 0.3) is 0 Å². The zero-order valence-electron chi connectivity index (χ0n) is 11.4. The highest BCUT2D eigenvalue weighted by atomic mass is 32.2. The highest BCUT2D eigenvalue weighted by Crippen LogP contribution is 2.13. The van der Waals surface area contributed by atoms with Gasteiger partial charge in [0.2, 0.25) is 0 Å². The molecular weight excluding hydrogens is 286 g/mol. The number of imidazole rings is 1. The number of aromatic amines is 1. The smallest absolute Gasteiger partial charge is 0.260 e. The Hall–Kier alpha value is -1.65. The highest BCUT2D eigenvalue weighted by Gasteiger charge is 2.26. The molecule has 0 radical (unpaired) electrons. The van der Waals surface area contributed by atoms with Gasteiger partial charge < -0.3 is 20.7 Å². The Morgan fingerprint density at radius 2 is 2.30 bits per heavy atom. The van der Waals surface area contributed by atoms with Crippen LogP contribution in [0, 0.1) is 6.92 Å². The summed E-state index contributed by atoms with van der Waals surface area (Å²) in [6.45, 7) is 2.15. The molecule has 0 aliphatic heterocycles. The fourth-order valence-electron chi connectivity index (χ4n) is 1.50. The van der Waals surface area contributed by atoms with E-state index in [4.69, 9.17) is 15.7 Å². The third-order valence-electron chi connectivity index (χ3n) is 2.59. The van der Waals surface area contributed by atoms with E-state index in [9.17, 15) is 8.42 Å². The van der Waals surface area contributed by atoms with Gasteiger partial charge in [-0.3, -0.25) is 0 Å². The van der Waals surface area contributed by atoms with Crippen molar-refractivity contribution in [2.24, 2.45) is 10.9 Å². The van der Waals surface area contributed by atoms with Crippen LogP contribution in [-0.4, -0.2) is 60.5 Å². The fraction of sp³-hybridized carbons (Fsp3) is 0.600. The lowest BCUT2D eigenvalue weighted by Gasteiger charge is -2.20. The number of nitrogens with zero attached hydrogens (tertiary/aromatic N) is 3. The van der Waals surface area contributed by atoms with Crippen molar-refractivity contribution in [3.8, 4) is 0 Å². The van der Waals surface area contributed by atoms with Gasteiger partial charge in [0.05, 0.1) is 12.8 Å². The number of rotatable bonds is 8. The number of sulfonamides is 1. The van der Waals surface area contributed by atoms with Crippen molar-refractivity contribution in [2.75, 3.05) is 26.8 Å². The molecule has 0 bridgehead atoms. The van der Waals surface area contributed by atoms with E-state index in [1.165, 1.54) is 17.6 Å². The monoisotopic (exact) mass is 305 g/mol. The molecule has 0 aliphatic rings. The second-order valence-corrected chi connectivity index (χ2v) is 5.98. The van der Waals surface area contributed by atoms with Gasteiger partial charge in [-0.1, -0.05) is 5.16 Å². The van der Waals surface area contributed by atoms with Crippen molar-refractivity contribution in [1.82, 2.24) is 14.3 Å². The van der Waals surface area contributed by atoms with Gasteiger partial charge in [0.25, 0.3) is 10.0 Å². The zero-order valence-corrected chi connectivity index (χ0v) is 12.2. The van der Waals surface area contributed by atoms with Crippen LogP contribution in [0.15, 0.2) is 16.4 Å². The minimum atomic E-state index is -3.71. The molecule has 0 saturated heterocycles. The summed E-state index contributed by atoms with van der Waals surface area (Å²) in [5.74, 6) is 0.468. The van der Waals surface area contributed by atoms with Crippen LogP contribution in [0.4, 0.5) is 0 Å². The first kappa shape index (κ1) is 16.4. The number of aromatic nitrogens is 2. The van der Waals surface area contributed by atoms with Gasteiger partial charge in [0.15, 0.2) is 5.03 Å². The normalized spacial score (nSPS) is 13.1. The quantitative estimate of drug-likeness (QED) is 0.256. The molecule has 0 amide bonds. The third-order valence-corrected chi connectivity index (χ3v) is 4.40. The maximum atomic E-state index is 12.4. The van der Waals surface area contributed by atoms with Gasteiger partial charge in [0, 0.05) is 26.6 Å². The van der Waals surface area contributed by atoms with Crippen molar-refractivity contribution in [3.05, 3.63) is 12.0 Å². The molecular formula is C10H19N5O4S. The molecule has 114 valence electrons. The summed E-state index contributed by atoms with van der Waals surface area (Å²) in [5.41, 5.74) is 5.36. The number of methoxy groups -OCH3 is 1.